The highest BCUT2D eigenvalue weighted by atomic mass is 32.2. The summed E-state index contributed by atoms with van der Waals surface area (Å²) in [5.41, 5.74) is 6.87. The molecule has 0 aliphatic rings. The van der Waals surface area contributed by atoms with Crippen molar-refractivity contribution in [3.8, 4) is 0 Å². The number of nitrogens with two attached hydrogens (primary N) is 1. The van der Waals surface area contributed by atoms with Crippen molar-refractivity contribution in [3.63, 3.8) is 0 Å². The number of hydrogen-bond donors (Lipinski definition) is 2. The molecule has 0 saturated carbocycles. The van der Waals surface area contributed by atoms with E-state index >= 15 is 0 Å². The van der Waals surface area contributed by atoms with E-state index in [1.807, 2.05) is 38.1 Å². The maximum absolute atomic E-state index is 11.3. The van der Waals surface area contributed by atoms with Gasteiger partial charge in [-0.05, 0) is 31.5 Å². The second-order valence-corrected chi connectivity index (χ2v) is 5.15. The average molecular weight is 238 g/mol. The molecule has 2 unspecified atom stereocenters. The van der Waals surface area contributed by atoms with Crippen molar-refractivity contribution in [2.75, 3.05) is 7.05 Å². The van der Waals surface area contributed by atoms with Crippen LogP contribution in [0.1, 0.15) is 25.5 Å². The molecule has 0 aliphatic heterocycles. The Bertz CT molecular complexity index is 349. The number of amides is 1. The molecule has 1 aromatic carbocycles. The van der Waals surface area contributed by atoms with Gasteiger partial charge in [0.05, 0.1) is 5.25 Å². The van der Waals surface area contributed by atoms with E-state index in [1.165, 1.54) is 0 Å². The van der Waals surface area contributed by atoms with Crippen LogP contribution in [-0.2, 0) is 4.79 Å². The highest BCUT2D eigenvalue weighted by Crippen LogP contribution is 2.24. The van der Waals surface area contributed by atoms with Gasteiger partial charge in [-0.2, -0.15) is 0 Å². The van der Waals surface area contributed by atoms with Crippen LogP contribution in [0.2, 0.25) is 0 Å². The van der Waals surface area contributed by atoms with Gasteiger partial charge in [0.15, 0.2) is 0 Å². The second kappa shape index (κ2) is 5.92. The normalized spacial score (nSPS) is 14.2. The van der Waals surface area contributed by atoms with Crippen molar-refractivity contribution in [2.24, 2.45) is 5.73 Å². The van der Waals surface area contributed by atoms with Crippen molar-refractivity contribution < 1.29 is 4.79 Å². The first kappa shape index (κ1) is 13.1. The highest BCUT2D eigenvalue weighted by molar-refractivity contribution is 8.00. The van der Waals surface area contributed by atoms with Crippen molar-refractivity contribution in [1.82, 2.24) is 5.32 Å². The molecule has 3 N–H and O–H groups in total. The Morgan fingerprint density at radius 3 is 2.31 bits per heavy atom. The van der Waals surface area contributed by atoms with Gasteiger partial charge in [0.25, 0.3) is 0 Å². The zero-order valence-electron chi connectivity index (χ0n) is 9.86. The van der Waals surface area contributed by atoms with Gasteiger partial charge in [0, 0.05) is 18.0 Å². The van der Waals surface area contributed by atoms with Gasteiger partial charge in [0.1, 0.15) is 0 Å². The lowest BCUT2D eigenvalue weighted by Gasteiger charge is -2.10. The summed E-state index contributed by atoms with van der Waals surface area (Å²) in [7, 11) is 1.65. The van der Waals surface area contributed by atoms with Crippen LogP contribution in [-0.4, -0.2) is 18.2 Å². The third-order valence-corrected chi connectivity index (χ3v) is 3.45. The summed E-state index contributed by atoms with van der Waals surface area (Å²) in [5, 5.41) is 2.56. The number of thioether (sulfide) groups is 1. The van der Waals surface area contributed by atoms with Gasteiger partial charge in [-0.1, -0.05) is 12.1 Å². The van der Waals surface area contributed by atoms with E-state index in [0.717, 1.165) is 10.5 Å². The zero-order chi connectivity index (χ0) is 12.1. The van der Waals surface area contributed by atoms with Crippen LogP contribution in [0.4, 0.5) is 0 Å². The Morgan fingerprint density at radius 1 is 1.31 bits per heavy atom. The minimum Gasteiger partial charge on any atom is -0.358 e. The molecule has 1 amide bonds. The van der Waals surface area contributed by atoms with Crippen LogP contribution >= 0.6 is 11.8 Å². The predicted octanol–water partition coefficient (Wildman–Crippen LogP) is 1.93. The molecule has 0 aromatic heterocycles. The Hall–Kier alpha value is -1.00. The first-order chi connectivity index (χ1) is 7.54. The molecular formula is C12H18N2OS. The van der Waals surface area contributed by atoms with E-state index < -0.39 is 0 Å². The number of carbonyl (C=O) groups is 1. The minimum absolute atomic E-state index is 0.0428. The summed E-state index contributed by atoms with van der Waals surface area (Å²) in [6, 6.07) is 8.06. The highest BCUT2D eigenvalue weighted by Gasteiger charge is 2.12. The largest absolute Gasteiger partial charge is 0.358 e. The molecule has 0 bridgehead atoms. The fourth-order valence-electron chi connectivity index (χ4n) is 1.31. The monoisotopic (exact) mass is 238 g/mol. The Morgan fingerprint density at radius 2 is 1.88 bits per heavy atom. The van der Waals surface area contributed by atoms with Crippen LogP contribution in [0.25, 0.3) is 0 Å². The number of rotatable bonds is 4. The van der Waals surface area contributed by atoms with Gasteiger partial charge in [0.2, 0.25) is 5.91 Å². The van der Waals surface area contributed by atoms with Gasteiger partial charge in [-0.3, -0.25) is 4.79 Å². The molecule has 1 rings (SSSR count). The maximum Gasteiger partial charge on any atom is 0.232 e. The third kappa shape index (κ3) is 3.54. The maximum atomic E-state index is 11.3. The van der Waals surface area contributed by atoms with Crippen LogP contribution in [0.3, 0.4) is 0 Å². The van der Waals surface area contributed by atoms with Crippen LogP contribution < -0.4 is 11.1 Å². The Labute approximate surface area is 101 Å². The minimum atomic E-state index is -0.0776. The molecule has 0 spiro atoms. The summed E-state index contributed by atoms with van der Waals surface area (Å²) >= 11 is 1.54. The molecule has 0 aliphatic carbocycles. The summed E-state index contributed by atoms with van der Waals surface area (Å²) in [5.74, 6) is 0.0428. The first-order valence-electron chi connectivity index (χ1n) is 5.28. The molecule has 1 aromatic rings. The summed E-state index contributed by atoms with van der Waals surface area (Å²) < 4.78 is 0. The molecule has 0 heterocycles. The van der Waals surface area contributed by atoms with E-state index in [0.29, 0.717) is 0 Å². The van der Waals surface area contributed by atoms with Crippen molar-refractivity contribution in [3.05, 3.63) is 29.8 Å². The molecule has 0 saturated heterocycles. The molecule has 2 atom stereocenters. The van der Waals surface area contributed by atoms with E-state index in [4.69, 9.17) is 5.73 Å². The molecule has 88 valence electrons. The smallest absolute Gasteiger partial charge is 0.232 e. The van der Waals surface area contributed by atoms with Gasteiger partial charge in [-0.15, -0.1) is 11.8 Å². The fourth-order valence-corrected chi connectivity index (χ4v) is 2.24. The van der Waals surface area contributed by atoms with Crippen LogP contribution in [0.15, 0.2) is 29.2 Å². The summed E-state index contributed by atoms with van der Waals surface area (Å²) in [4.78, 5) is 12.4. The number of hydrogen-bond acceptors (Lipinski definition) is 3. The SMILES string of the molecule is CNC(=O)C(C)Sc1ccc(C(C)N)cc1. The zero-order valence-corrected chi connectivity index (χ0v) is 10.7. The third-order valence-electron chi connectivity index (χ3n) is 2.33. The Kier molecular flexibility index (Phi) is 4.83. The molecular weight excluding hydrogens is 220 g/mol. The van der Waals surface area contributed by atoms with Crippen molar-refractivity contribution in [1.29, 1.82) is 0 Å². The average Bonchev–Trinajstić information content (AvgIpc) is 2.28. The van der Waals surface area contributed by atoms with Gasteiger partial charge in [-0.25, -0.2) is 0 Å². The predicted molar refractivity (Wildman–Crippen MR) is 68.4 cm³/mol. The van der Waals surface area contributed by atoms with E-state index in [2.05, 4.69) is 5.32 Å². The lowest BCUT2D eigenvalue weighted by molar-refractivity contribution is -0.119. The Balaban J connectivity index is 2.65. The van der Waals surface area contributed by atoms with Crippen LogP contribution in [0, 0.1) is 0 Å². The molecule has 0 radical (unpaired) electrons. The molecule has 3 nitrogen and oxygen atoms in total. The lowest BCUT2D eigenvalue weighted by atomic mass is 10.1. The van der Waals surface area contributed by atoms with E-state index in [-0.39, 0.29) is 17.2 Å². The molecule has 16 heavy (non-hydrogen) atoms. The van der Waals surface area contributed by atoms with Crippen LogP contribution in [0.5, 0.6) is 0 Å². The summed E-state index contributed by atoms with van der Waals surface area (Å²) in [6.45, 7) is 3.85. The summed E-state index contributed by atoms with van der Waals surface area (Å²) in [6.07, 6.45) is 0. The lowest BCUT2D eigenvalue weighted by Crippen LogP contribution is -2.27. The second-order valence-electron chi connectivity index (χ2n) is 3.73. The number of nitrogens with one attached hydrogen (secondary N) is 1. The van der Waals surface area contributed by atoms with Gasteiger partial charge >= 0.3 is 0 Å². The van der Waals surface area contributed by atoms with Gasteiger partial charge < -0.3 is 11.1 Å². The topological polar surface area (TPSA) is 55.1 Å². The molecule has 0 fully saturated rings. The van der Waals surface area contributed by atoms with Crippen molar-refractivity contribution in [2.45, 2.75) is 30.0 Å². The standard InChI is InChI=1S/C12H18N2OS/c1-8(13)10-4-6-11(7-5-10)16-9(2)12(15)14-3/h4-9H,13H2,1-3H3,(H,14,15). The molecule has 4 heteroatoms. The van der Waals surface area contributed by atoms with Crippen molar-refractivity contribution >= 4 is 17.7 Å². The number of benzene rings is 1. The quantitative estimate of drug-likeness (QED) is 0.788. The fraction of sp³-hybridized carbons (Fsp3) is 0.417. The number of carbonyl (C=O) groups excluding carboxylic acids is 1. The first-order valence-corrected chi connectivity index (χ1v) is 6.16. The van der Waals surface area contributed by atoms with E-state index in [1.54, 1.807) is 18.8 Å². The van der Waals surface area contributed by atoms with E-state index in [9.17, 15) is 4.79 Å².